The van der Waals surface area contributed by atoms with Gasteiger partial charge in [-0.15, -0.1) is 0 Å². The first-order valence-electron chi connectivity index (χ1n) is 3.44. The van der Waals surface area contributed by atoms with Gasteiger partial charge < -0.3 is 4.18 Å². The predicted octanol–water partition coefficient (Wildman–Crippen LogP) is 1.81. The van der Waals surface area contributed by atoms with E-state index in [0.717, 1.165) is 12.1 Å². The van der Waals surface area contributed by atoms with Crippen LogP contribution in [0.15, 0.2) is 24.3 Å². The first-order chi connectivity index (χ1) is 6.40. The van der Waals surface area contributed by atoms with Crippen molar-refractivity contribution in [2.75, 3.05) is 0 Å². The average molecular weight is 224 g/mol. The molecule has 0 spiro atoms. The van der Waals surface area contributed by atoms with Gasteiger partial charge in [-0.1, -0.05) is 12.1 Å². The second kappa shape index (κ2) is 3.89. The van der Waals surface area contributed by atoms with E-state index in [4.69, 9.17) is 4.55 Å². The fourth-order valence-corrected chi connectivity index (χ4v) is 1.23. The number of alkyl halides is 2. The number of para-hydroxylation sites is 1. The molecule has 0 saturated heterocycles. The minimum absolute atomic E-state index is 0.579. The SMILES string of the molecule is O=S(=O)(O)Oc1ccccc1C(F)F. The molecule has 0 unspecified atom stereocenters. The van der Waals surface area contributed by atoms with Gasteiger partial charge in [0.15, 0.2) is 5.75 Å². The molecule has 0 bridgehead atoms. The van der Waals surface area contributed by atoms with Crippen molar-refractivity contribution in [3.05, 3.63) is 29.8 Å². The van der Waals surface area contributed by atoms with Gasteiger partial charge in [-0.2, -0.15) is 8.42 Å². The Morgan fingerprint density at radius 1 is 1.29 bits per heavy atom. The predicted molar refractivity (Wildman–Crippen MR) is 43.6 cm³/mol. The third kappa shape index (κ3) is 2.93. The lowest BCUT2D eigenvalue weighted by Gasteiger charge is -2.06. The summed E-state index contributed by atoms with van der Waals surface area (Å²) in [5.41, 5.74) is -0.592. The minimum Gasteiger partial charge on any atom is -0.361 e. The molecule has 14 heavy (non-hydrogen) atoms. The molecule has 0 radical (unpaired) electrons. The van der Waals surface area contributed by atoms with Gasteiger partial charge in [0.05, 0.1) is 5.56 Å². The Bertz CT molecular complexity index is 415. The normalized spacial score (nSPS) is 11.7. The highest BCUT2D eigenvalue weighted by molar-refractivity contribution is 7.81. The van der Waals surface area contributed by atoms with Crippen molar-refractivity contribution in [3.8, 4) is 5.75 Å². The molecule has 0 aliphatic rings. The van der Waals surface area contributed by atoms with Gasteiger partial charge in [0, 0.05) is 0 Å². The second-order valence-electron chi connectivity index (χ2n) is 2.35. The number of hydrogen-bond acceptors (Lipinski definition) is 3. The van der Waals surface area contributed by atoms with Gasteiger partial charge in [0.1, 0.15) is 0 Å². The van der Waals surface area contributed by atoms with E-state index >= 15 is 0 Å². The summed E-state index contributed by atoms with van der Waals surface area (Å²) in [7, 11) is -4.77. The Morgan fingerprint density at radius 3 is 2.36 bits per heavy atom. The van der Waals surface area contributed by atoms with Crippen molar-refractivity contribution in [2.45, 2.75) is 6.43 Å². The smallest absolute Gasteiger partial charge is 0.361 e. The van der Waals surface area contributed by atoms with Gasteiger partial charge in [0.2, 0.25) is 0 Å². The molecule has 78 valence electrons. The molecule has 1 aromatic rings. The van der Waals surface area contributed by atoms with Gasteiger partial charge in [0.25, 0.3) is 6.43 Å². The summed E-state index contributed by atoms with van der Waals surface area (Å²) in [6.07, 6.45) is -2.87. The van der Waals surface area contributed by atoms with Crippen LogP contribution in [0.5, 0.6) is 5.75 Å². The molecule has 1 aromatic carbocycles. The fraction of sp³-hybridized carbons (Fsp3) is 0.143. The van der Waals surface area contributed by atoms with Crippen molar-refractivity contribution in [2.24, 2.45) is 0 Å². The Balaban J connectivity index is 3.08. The van der Waals surface area contributed by atoms with Crippen LogP contribution in [0.2, 0.25) is 0 Å². The molecule has 7 heteroatoms. The zero-order valence-electron chi connectivity index (χ0n) is 6.72. The van der Waals surface area contributed by atoms with Crippen LogP contribution in [-0.2, 0) is 10.4 Å². The third-order valence-electron chi connectivity index (χ3n) is 1.35. The number of rotatable bonds is 3. The maximum Gasteiger partial charge on any atom is 0.446 e. The standard InChI is InChI=1S/C7H6F2O4S/c8-7(9)5-3-1-2-4-6(5)13-14(10,11)12/h1-4,7H,(H,10,11,12). The second-order valence-corrected chi connectivity index (χ2v) is 3.37. The lowest BCUT2D eigenvalue weighted by Crippen LogP contribution is -2.08. The van der Waals surface area contributed by atoms with Gasteiger partial charge in [-0.3, -0.25) is 4.55 Å². The summed E-state index contributed by atoms with van der Waals surface area (Å²) in [5.74, 6) is -0.579. The van der Waals surface area contributed by atoms with Crippen molar-refractivity contribution in [1.29, 1.82) is 0 Å². The highest BCUT2D eigenvalue weighted by atomic mass is 32.3. The van der Waals surface area contributed by atoms with E-state index in [1.165, 1.54) is 12.1 Å². The van der Waals surface area contributed by atoms with Crippen molar-refractivity contribution in [1.82, 2.24) is 0 Å². The van der Waals surface area contributed by atoms with E-state index in [1.54, 1.807) is 0 Å². The molecule has 0 aliphatic carbocycles. The summed E-state index contributed by atoms with van der Waals surface area (Å²) >= 11 is 0. The summed E-state index contributed by atoms with van der Waals surface area (Å²) in [5, 5.41) is 0. The Morgan fingerprint density at radius 2 is 1.86 bits per heavy atom. The number of halogens is 2. The van der Waals surface area contributed by atoms with Crippen LogP contribution >= 0.6 is 0 Å². The molecular weight excluding hydrogens is 218 g/mol. The first kappa shape index (κ1) is 10.9. The van der Waals surface area contributed by atoms with E-state index < -0.39 is 28.1 Å². The zero-order chi connectivity index (χ0) is 10.8. The van der Waals surface area contributed by atoms with E-state index in [2.05, 4.69) is 4.18 Å². The maximum absolute atomic E-state index is 12.2. The highest BCUT2D eigenvalue weighted by Crippen LogP contribution is 2.29. The molecule has 0 aromatic heterocycles. The lowest BCUT2D eigenvalue weighted by molar-refractivity contribution is 0.149. The van der Waals surface area contributed by atoms with E-state index in [0.29, 0.717) is 0 Å². The van der Waals surface area contributed by atoms with Crippen LogP contribution in [-0.4, -0.2) is 13.0 Å². The van der Waals surface area contributed by atoms with Crippen molar-refractivity contribution >= 4 is 10.4 Å². The molecular formula is C7H6F2O4S. The van der Waals surface area contributed by atoms with Gasteiger partial charge >= 0.3 is 10.4 Å². The third-order valence-corrected chi connectivity index (χ3v) is 1.74. The Kier molecular flexibility index (Phi) is 3.02. The fourth-order valence-electron chi connectivity index (χ4n) is 0.850. The van der Waals surface area contributed by atoms with E-state index in [9.17, 15) is 17.2 Å². The van der Waals surface area contributed by atoms with Crippen molar-refractivity contribution in [3.63, 3.8) is 0 Å². The molecule has 1 N–H and O–H groups in total. The molecule has 0 amide bonds. The van der Waals surface area contributed by atoms with Crippen LogP contribution in [0.4, 0.5) is 8.78 Å². The van der Waals surface area contributed by atoms with Crippen LogP contribution in [0.3, 0.4) is 0 Å². The minimum atomic E-state index is -4.77. The summed E-state index contributed by atoms with van der Waals surface area (Å²) < 4.78 is 57.2. The summed E-state index contributed by atoms with van der Waals surface area (Å²) in [6, 6.07) is 4.64. The van der Waals surface area contributed by atoms with Crippen LogP contribution in [0, 0.1) is 0 Å². The molecule has 0 aliphatic heterocycles. The first-order valence-corrected chi connectivity index (χ1v) is 4.80. The molecule has 0 heterocycles. The van der Waals surface area contributed by atoms with Crippen LogP contribution in [0.1, 0.15) is 12.0 Å². The lowest BCUT2D eigenvalue weighted by atomic mass is 10.2. The van der Waals surface area contributed by atoms with E-state index in [-0.39, 0.29) is 0 Å². The van der Waals surface area contributed by atoms with Gasteiger partial charge in [-0.05, 0) is 12.1 Å². The Labute approximate surface area is 79.1 Å². The Hall–Kier alpha value is -1.21. The highest BCUT2D eigenvalue weighted by Gasteiger charge is 2.17. The molecule has 0 atom stereocenters. The quantitative estimate of drug-likeness (QED) is 0.795. The maximum atomic E-state index is 12.2. The number of benzene rings is 1. The molecule has 1 rings (SSSR count). The molecule has 0 fully saturated rings. The molecule has 4 nitrogen and oxygen atoms in total. The van der Waals surface area contributed by atoms with Crippen LogP contribution in [0.25, 0.3) is 0 Å². The van der Waals surface area contributed by atoms with Crippen molar-refractivity contribution < 1.29 is 25.9 Å². The monoisotopic (exact) mass is 224 g/mol. The number of hydrogen-bond donors (Lipinski definition) is 1. The van der Waals surface area contributed by atoms with E-state index in [1.807, 2.05) is 0 Å². The van der Waals surface area contributed by atoms with Gasteiger partial charge in [-0.25, -0.2) is 8.78 Å². The topological polar surface area (TPSA) is 63.6 Å². The summed E-state index contributed by atoms with van der Waals surface area (Å²) in [6.45, 7) is 0. The molecule has 0 saturated carbocycles. The zero-order valence-corrected chi connectivity index (χ0v) is 7.54. The summed E-state index contributed by atoms with van der Waals surface area (Å²) in [4.78, 5) is 0. The van der Waals surface area contributed by atoms with Crippen LogP contribution < -0.4 is 4.18 Å². The largest absolute Gasteiger partial charge is 0.446 e. The average Bonchev–Trinajstić information content (AvgIpc) is 2.01.